The van der Waals surface area contributed by atoms with Crippen molar-refractivity contribution in [3.63, 3.8) is 0 Å². The fourth-order valence-electron chi connectivity index (χ4n) is 3.47. The third-order valence-corrected chi connectivity index (χ3v) is 7.02. The Morgan fingerprint density at radius 2 is 2.07 bits per heavy atom. The molecule has 3 aromatic rings. The van der Waals surface area contributed by atoms with E-state index in [9.17, 15) is 4.79 Å². The highest BCUT2D eigenvalue weighted by atomic mass is 35.5. The molecule has 7 nitrogen and oxygen atoms in total. The summed E-state index contributed by atoms with van der Waals surface area (Å²) in [6.07, 6.45) is 4.69. The van der Waals surface area contributed by atoms with E-state index in [4.69, 9.17) is 16.0 Å². The van der Waals surface area contributed by atoms with Gasteiger partial charge in [-0.1, -0.05) is 23.7 Å². The smallest absolute Gasteiger partial charge is 0.230 e. The first kappa shape index (κ1) is 17.4. The van der Waals surface area contributed by atoms with Crippen LogP contribution in [0.4, 0.5) is 0 Å². The quantitative estimate of drug-likeness (QED) is 0.519. The van der Waals surface area contributed by atoms with E-state index in [0.717, 1.165) is 39.5 Å². The van der Waals surface area contributed by atoms with Crippen molar-refractivity contribution in [2.24, 2.45) is 10.2 Å². The molecular formula is C19H16ClN5O2S. The Morgan fingerprint density at radius 3 is 2.86 bits per heavy atom. The third-order valence-electron chi connectivity index (χ3n) is 4.86. The SMILES string of the molecule is O=C1CCCN1CC1=NN=C[SH]1c1ncnc2occ(-c3ccc(Cl)cc3)c12. The molecule has 2 aliphatic rings. The number of likely N-dealkylation sites (tertiary alicyclic amines) is 1. The molecule has 0 N–H and O–H groups in total. The predicted octanol–water partition coefficient (Wildman–Crippen LogP) is 3.88. The van der Waals surface area contributed by atoms with E-state index in [1.165, 1.54) is 6.33 Å². The first-order valence-corrected chi connectivity index (χ1v) is 10.6. The number of aromatic nitrogens is 2. The highest BCUT2D eigenvalue weighted by Crippen LogP contribution is 2.44. The molecule has 1 fully saturated rings. The number of nitrogens with zero attached hydrogens (tertiary/aromatic N) is 5. The number of amides is 1. The number of halogens is 1. The predicted molar refractivity (Wildman–Crippen MR) is 111 cm³/mol. The van der Waals surface area contributed by atoms with Crippen LogP contribution in [0.2, 0.25) is 5.02 Å². The monoisotopic (exact) mass is 413 g/mol. The van der Waals surface area contributed by atoms with Crippen LogP contribution in [0.1, 0.15) is 12.8 Å². The molecular weight excluding hydrogens is 398 g/mol. The van der Waals surface area contributed by atoms with Gasteiger partial charge in [-0.15, -0.1) is 16.0 Å². The number of carbonyl (C=O) groups excluding carboxylic acids is 1. The minimum Gasteiger partial charge on any atom is -0.445 e. The first-order valence-electron chi connectivity index (χ1n) is 8.86. The summed E-state index contributed by atoms with van der Waals surface area (Å²) in [5, 5.41) is 11.7. The molecule has 0 radical (unpaired) electrons. The second-order valence-electron chi connectivity index (χ2n) is 6.57. The summed E-state index contributed by atoms with van der Waals surface area (Å²) in [6.45, 7) is 1.26. The molecule has 28 heavy (non-hydrogen) atoms. The van der Waals surface area contributed by atoms with Gasteiger partial charge in [0.05, 0.1) is 17.5 Å². The number of benzene rings is 1. The Balaban J connectivity index is 1.56. The Hall–Kier alpha value is -2.71. The molecule has 2 aliphatic heterocycles. The molecule has 1 aromatic carbocycles. The molecule has 0 spiro atoms. The van der Waals surface area contributed by atoms with Crippen LogP contribution in [0.3, 0.4) is 0 Å². The van der Waals surface area contributed by atoms with Gasteiger partial charge < -0.3 is 9.32 Å². The number of hydrogen-bond donors (Lipinski definition) is 1. The van der Waals surface area contributed by atoms with Crippen LogP contribution < -0.4 is 0 Å². The molecule has 0 aliphatic carbocycles. The van der Waals surface area contributed by atoms with Gasteiger partial charge in [0.2, 0.25) is 11.6 Å². The van der Waals surface area contributed by atoms with Crippen LogP contribution in [0.25, 0.3) is 22.2 Å². The van der Waals surface area contributed by atoms with Crippen molar-refractivity contribution in [1.29, 1.82) is 0 Å². The van der Waals surface area contributed by atoms with Gasteiger partial charge in [-0.25, -0.2) is 9.97 Å². The minimum absolute atomic E-state index is 0.169. The Kier molecular flexibility index (Phi) is 4.37. The van der Waals surface area contributed by atoms with E-state index >= 15 is 0 Å². The van der Waals surface area contributed by atoms with Crippen LogP contribution in [-0.2, 0) is 4.79 Å². The lowest BCUT2D eigenvalue weighted by atomic mass is 10.1. The number of hydrogen-bond acceptors (Lipinski definition) is 6. The average molecular weight is 414 g/mol. The van der Waals surface area contributed by atoms with E-state index < -0.39 is 10.9 Å². The summed E-state index contributed by atoms with van der Waals surface area (Å²) in [7, 11) is -0.998. The highest BCUT2D eigenvalue weighted by molar-refractivity contribution is 8.40. The lowest BCUT2D eigenvalue weighted by Crippen LogP contribution is -2.30. The summed E-state index contributed by atoms with van der Waals surface area (Å²) in [5.74, 6) is 0.169. The van der Waals surface area contributed by atoms with E-state index in [1.54, 1.807) is 6.26 Å². The van der Waals surface area contributed by atoms with Crippen molar-refractivity contribution in [2.45, 2.75) is 17.9 Å². The van der Waals surface area contributed by atoms with E-state index in [1.807, 2.05) is 34.7 Å². The maximum Gasteiger partial charge on any atom is 0.230 e. The summed E-state index contributed by atoms with van der Waals surface area (Å²) in [6, 6.07) is 7.56. The molecule has 1 saturated heterocycles. The fraction of sp³-hybridized carbons (Fsp3) is 0.211. The van der Waals surface area contributed by atoms with Crippen molar-refractivity contribution < 1.29 is 9.21 Å². The van der Waals surface area contributed by atoms with Crippen molar-refractivity contribution in [3.8, 4) is 11.1 Å². The Labute approximate surface area is 168 Å². The van der Waals surface area contributed by atoms with Gasteiger partial charge in [0.1, 0.15) is 22.7 Å². The molecule has 2 aromatic heterocycles. The summed E-state index contributed by atoms with van der Waals surface area (Å²) < 4.78 is 5.70. The van der Waals surface area contributed by atoms with Gasteiger partial charge in [0, 0.05) is 23.6 Å². The van der Waals surface area contributed by atoms with Crippen molar-refractivity contribution in [3.05, 3.63) is 41.9 Å². The van der Waals surface area contributed by atoms with Gasteiger partial charge in [-0.05, 0) is 24.1 Å². The van der Waals surface area contributed by atoms with Crippen molar-refractivity contribution in [2.75, 3.05) is 13.1 Å². The van der Waals surface area contributed by atoms with E-state index in [0.29, 0.717) is 23.7 Å². The normalized spacial score (nSPS) is 20.3. The summed E-state index contributed by atoms with van der Waals surface area (Å²) in [4.78, 5) is 22.7. The molecule has 4 heterocycles. The zero-order valence-corrected chi connectivity index (χ0v) is 16.4. The number of thiol groups is 1. The van der Waals surface area contributed by atoms with Gasteiger partial charge in [0.25, 0.3) is 0 Å². The van der Waals surface area contributed by atoms with Gasteiger partial charge in [-0.2, -0.15) is 5.10 Å². The van der Waals surface area contributed by atoms with Crippen molar-refractivity contribution >= 4 is 50.1 Å². The van der Waals surface area contributed by atoms with Gasteiger partial charge in [-0.3, -0.25) is 4.79 Å². The van der Waals surface area contributed by atoms with Crippen LogP contribution >= 0.6 is 22.5 Å². The molecule has 0 bridgehead atoms. The molecule has 1 unspecified atom stereocenters. The van der Waals surface area contributed by atoms with Crippen LogP contribution in [0.15, 0.2) is 56.5 Å². The molecule has 9 heteroatoms. The lowest BCUT2D eigenvalue weighted by Gasteiger charge is -2.20. The lowest BCUT2D eigenvalue weighted by molar-refractivity contribution is -0.127. The summed E-state index contributed by atoms with van der Waals surface area (Å²) in [5.41, 5.74) is 4.22. The number of furan rings is 1. The first-order chi connectivity index (χ1) is 13.7. The standard InChI is InChI=1S/C19H16ClN5O2S/c20-13-5-3-12(4-6-13)14-9-27-18-17(14)19(22-10-21-18)28-11-23-24-15(28)8-25-7-1-2-16(25)26/h3-6,9-11,28H,1-2,7-8H2. The number of rotatable bonds is 4. The largest absolute Gasteiger partial charge is 0.445 e. The van der Waals surface area contributed by atoms with Crippen LogP contribution in [0.5, 0.6) is 0 Å². The van der Waals surface area contributed by atoms with Gasteiger partial charge in [0.15, 0.2) is 0 Å². The Bertz CT molecular complexity index is 1130. The number of fused-ring (bicyclic) bond motifs is 1. The van der Waals surface area contributed by atoms with Crippen LogP contribution in [-0.4, -0.2) is 44.5 Å². The zero-order valence-electron chi connectivity index (χ0n) is 14.7. The van der Waals surface area contributed by atoms with Crippen LogP contribution in [0, 0.1) is 0 Å². The fourth-order valence-corrected chi connectivity index (χ4v) is 5.34. The molecule has 1 atom stereocenters. The summed E-state index contributed by atoms with van der Waals surface area (Å²) >= 11 is 6.03. The molecule has 0 saturated carbocycles. The second kappa shape index (κ2) is 7.03. The van der Waals surface area contributed by atoms with Crippen molar-refractivity contribution in [1.82, 2.24) is 14.9 Å². The Morgan fingerprint density at radius 1 is 1.21 bits per heavy atom. The molecule has 142 valence electrons. The number of carbonyl (C=O) groups is 1. The highest BCUT2D eigenvalue weighted by Gasteiger charge is 2.28. The third kappa shape index (κ3) is 2.98. The topological polar surface area (TPSA) is 84.0 Å². The molecule has 1 amide bonds. The minimum atomic E-state index is -0.998. The molecule has 5 rings (SSSR count). The average Bonchev–Trinajstić information content (AvgIpc) is 3.43. The van der Waals surface area contributed by atoms with E-state index in [2.05, 4.69) is 20.2 Å². The maximum absolute atomic E-state index is 12.0. The zero-order chi connectivity index (χ0) is 19.1. The maximum atomic E-state index is 12.0. The second-order valence-corrected chi connectivity index (χ2v) is 8.92. The van der Waals surface area contributed by atoms with E-state index in [-0.39, 0.29) is 5.91 Å². The van der Waals surface area contributed by atoms with Gasteiger partial charge >= 0.3 is 0 Å².